The van der Waals surface area contributed by atoms with Crippen molar-refractivity contribution in [2.75, 3.05) is 23.5 Å². The van der Waals surface area contributed by atoms with Crippen LogP contribution in [0.15, 0.2) is 42.6 Å². The van der Waals surface area contributed by atoms with E-state index in [-0.39, 0.29) is 5.95 Å². The Morgan fingerprint density at radius 1 is 1.20 bits per heavy atom. The number of rotatable bonds is 7. The fraction of sp³-hybridized carbons (Fsp3) is 0.133. The molecular weight excluding hydrogens is 346 g/mol. The number of aromatic nitrogens is 2. The Labute approximate surface area is 145 Å². The molecule has 1 aromatic heterocycles. The zero-order valence-electron chi connectivity index (χ0n) is 13.6. The largest absolute Gasteiger partial charge is 0.481 e. The second-order valence-corrected chi connectivity index (χ2v) is 6.61. The van der Waals surface area contributed by atoms with Crippen molar-refractivity contribution in [2.45, 2.75) is 0 Å². The molecule has 1 heterocycles. The molecule has 9 nitrogen and oxygen atoms in total. The summed E-state index contributed by atoms with van der Waals surface area (Å²) in [6, 6.07) is 8.13. The summed E-state index contributed by atoms with van der Waals surface area (Å²) in [5.41, 5.74) is 6.15. The van der Waals surface area contributed by atoms with Crippen molar-refractivity contribution < 1.29 is 17.9 Å². The van der Waals surface area contributed by atoms with Crippen molar-refractivity contribution in [3.05, 3.63) is 48.2 Å². The Bertz CT molecular complexity index is 866. The topological polar surface area (TPSA) is 122 Å². The van der Waals surface area contributed by atoms with Gasteiger partial charge in [0, 0.05) is 24.0 Å². The lowest BCUT2D eigenvalue weighted by atomic mass is 10.2. The smallest absolute Gasteiger partial charge is 0.262 e. The Hall–Kier alpha value is -3.14. The van der Waals surface area contributed by atoms with Crippen molar-refractivity contribution in [2.24, 2.45) is 0 Å². The lowest BCUT2D eigenvalue weighted by Crippen LogP contribution is -2.28. The maximum absolute atomic E-state index is 11.8. The van der Waals surface area contributed by atoms with Crippen molar-refractivity contribution >= 4 is 33.6 Å². The molecule has 0 unspecified atom stereocenters. The van der Waals surface area contributed by atoms with E-state index in [0.717, 1.165) is 11.8 Å². The molecule has 0 aliphatic rings. The van der Waals surface area contributed by atoms with Crippen LogP contribution in [0.3, 0.4) is 0 Å². The van der Waals surface area contributed by atoms with Gasteiger partial charge in [-0.3, -0.25) is 20.4 Å². The van der Waals surface area contributed by atoms with Crippen LogP contribution in [0.2, 0.25) is 0 Å². The van der Waals surface area contributed by atoms with Gasteiger partial charge in [-0.1, -0.05) is 12.1 Å². The van der Waals surface area contributed by atoms with Crippen LogP contribution in [0.1, 0.15) is 5.56 Å². The molecule has 0 saturated heterocycles. The highest BCUT2D eigenvalue weighted by molar-refractivity contribution is 7.92. The third-order valence-corrected chi connectivity index (χ3v) is 3.38. The minimum atomic E-state index is -3.32. The second-order valence-electron chi connectivity index (χ2n) is 4.87. The number of carbonyl (C=O) groups is 1. The van der Waals surface area contributed by atoms with Crippen LogP contribution in [-0.2, 0) is 14.8 Å². The molecule has 0 aliphatic heterocycles. The Kier molecular flexibility index (Phi) is 5.90. The molecule has 1 aromatic carbocycles. The number of nitrogens with zero attached hydrogens (tertiary/aromatic N) is 2. The zero-order chi connectivity index (χ0) is 18.3. The van der Waals surface area contributed by atoms with Gasteiger partial charge in [0.15, 0.2) is 0 Å². The number of hydrogen-bond donors (Lipinski definition) is 3. The SMILES string of the molecule is COc1ccnc(NNC(=O)/C=C/c2ccc(NS(C)(=O)=O)cc2)n1. The Morgan fingerprint density at radius 2 is 1.92 bits per heavy atom. The first kappa shape index (κ1) is 18.2. The quantitative estimate of drug-likeness (QED) is 0.496. The van der Waals surface area contributed by atoms with E-state index in [4.69, 9.17) is 4.74 Å². The van der Waals surface area contributed by atoms with Crippen LogP contribution in [-0.4, -0.2) is 37.7 Å². The van der Waals surface area contributed by atoms with Crippen LogP contribution in [0, 0.1) is 0 Å². The molecule has 10 heteroatoms. The number of hydrazine groups is 1. The molecule has 0 aliphatic carbocycles. The Balaban J connectivity index is 1.89. The lowest BCUT2D eigenvalue weighted by molar-refractivity contribution is -0.116. The standard InChI is InChI=1S/C15H17N5O4S/c1-24-14-9-10-16-15(17-14)19-18-13(21)8-5-11-3-6-12(7-4-11)20-25(2,22)23/h3-10,20H,1-2H3,(H,18,21)(H,16,17,19)/b8-5+. The second kappa shape index (κ2) is 8.11. The number of amides is 1. The summed E-state index contributed by atoms with van der Waals surface area (Å²) >= 11 is 0. The highest BCUT2D eigenvalue weighted by atomic mass is 32.2. The van der Waals surface area contributed by atoms with Crippen molar-refractivity contribution in [1.29, 1.82) is 0 Å². The summed E-state index contributed by atoms with van der Waals surface area (Å²) in [5.74, 6) is 0.146. The first-order chi connectivity index (χ1) is 11.9. The highest BCUT2D eigenvalue weighted by Crippen LogP contribution is 2.12. The molecular formula is C15H17N5O4S. The van der Waals surface area contributed by atoms with Crippen LogP contribution >= 0.6 is 0 Å². The summed E-state index contributed by atoms with van der Waals surface area (Å²) in [6.07, 6.45) is 5.45. The Morgan fingerprint density at radius 3 is 2.56 bits per heavy atom. The normalized spacial score (nSPS) is 11.1. The van der Waals surface area contributed by atoms with Gasteiger partial charge in [0.2, 0.25) is 21.9 Å². The van der Waals surface area contributed by atoms with Gasteiger partial charge in [-0.25, -0.2) is 13.4 Å². The van der Waals surface area contributed by atoms with Gasteiger partial charge in [-0.05, 0) is 23.8 Å². The number of benzene rings is 1. The van der Waals surface area contributed by atoms with E-state index in [9.17, 15) is 13.2 Å². The maximum atomic E-state index is 11.8. The number of sulfonamides is 1. The summed E-state index contributed by atoms with van der Waals surface area (Å²) in [5, 5.41) is 0. The molecule has 0 fully saturated rings. The monoisotopic (exact) mass is 363 g/mol. The predicted molar refractivity (Wildman–Crippen MR) is 94.3 cm³/mol. The minimum absolute atomic E-state index is 0.192. The van der Waals surface area contributed by atoms with Crippen molar-refractivity contribution in [3.8, 4) is 5.88 Å². The van der Waals surface area contributed by atoms with Gasteiger partial charge < -0.3 is 4.74 Å². The van der Waals surface area contributed by atoms with Crippen LogP contribution in [0.25, 0.3) is 6.08 Å². The predicted octanol–water partition coefficient (Wildman–Crippen LogP) is 1.01. The van der Waals surface area contributed by atoms with Gasteiger partial charge in [0.25, 0.3) is 5.91 Å². The fourth-order valence-corrected chi connectivity index (χ4v) is 2.29. The maximum Gasteiger partial charge on any atom is 0.262 e. The van der Waals surface area contributed by atoms with Gasteiger partial charge in [0.05, 0.1) is 13.4 Å². The molecule has 0 radical (unpaired) electrons. The van der Waals surface area contributed by atoms with Crippen LogP contribution in [0.5, 0.6) is 5.88 Å². The summed E-state index contributed by atoms with van der Waals surface area (Å²) in [7, 11) is -1.84. The summed E-state index contributed by atoms with van der Waals surface area (Å²) < 4.78 is 29.6. The third-order valence-electron chi connectivity index (χ3n) is 2.78. The van der Waals surface area contributed by atoms with Gasteiger partial charge >= 0.3 is 0 Å². The molecule has 2 aromatic rings. The number of anilines is 2. The molecule has 0 saturated carbocycles. The number of methoxy groups -OCH3 is 1. The van der Waals surface area contributed by atoms with E-state index in [1.54, 1.807) is 36.4 Å². The van der Waals surface area contributed by atoms with E-state index in [0.29, 0.717) is 11.6 Å². The van der Waals surface area contributed by atoms with Gasteiger partial charge in [-0.15, -0.1) is 0 Å². The first-order valence-electron chi connectivity index (χ1n) is 7.05. The van der Waals surface area contributed by atoms with Gasteiger partial charge in [-0.2, -0.15) is 4.98 Å². The van der Waals surface area contributed by atoms with Crippen LogP contribution < -0.4 is 20.3 Å². The molecule has 25 heavy (non-hydrogen) atoms. The number of hydrogen-bond acceptors (Lipinski definition) is 7. The first-order valence-corrected chi connectivity index (χ1v) is 8.94. The molecule has 0 spiro atoms. The lowest BCUT2D eigenvalue weighted by Gasteiger charge is -2.05. The van der Waals surface area contributed by atoms with E-state index in [1.807, 2.05) is 0 Å². The van der Waals surface area contributed by atoms with Crippen LogP contribution in [0.4, 0.5) is 11.6 Å². The molecule has 1 amide bonds. The summed E-state index contributed by atoms with van der Waals surface area (Å²) in [4.78, 5) is 19.7. The minimum Gasteiger partial charge on any atom is -0.481 e. The van der Waals surface area contributed by atoms with Crippen molar-refractivity contribution in [1.82, 2.24) is 15.4 Å². The van der Waals surface area contributed by atoms with E-state index in [1.165, 1.54) is 19.4 Å². The molecule has 2 rings (SSSR count). The number of nitrogens with one attached hydrogen (secondary N) is 3. The summed E-state index contributed by atoms with van der Waals surface area (Å²) in [6.45, 7) is 0. The molecule has 132 valence electrons. The van der Waals surface area contributed by atoms with E-state index < -0.39 is 15.9 Å². The number of carbonyl (C=O) groups excluding carboxylic acids is 1. The average Bonchev–Trinajstić information content (AvgIpc) is 2.58. The zero-order valence-corrected chi connectivity index (χ0v) is 14.4. The van der Waals surface area contributed by atoms with Gasteiger partial charge in [0.1, 0.15) is 0 Å². The van der Waals surface area contributed by atoms with E-state index >= 15 is 0 Å². The molecule has 0 bridgehead atoms. The third kappa shape index (κ3) is 6.47. The van der Waals surface area contributed by atoms with E-state index in [2.05, 4.69) is 25.5 Å². The average molecular weight is 363 g/mol. The molecule has 0 atom stereocenters. The van der Waals surface area contributed by atoms with Crippen molar-refractivity contribution in [3.63, 3.8) is 0 Å². The number of ether oxygens (including phenoxy) is 1. The fourth-order valence-electron chi connectivity index (χ4n) is 1.72. The molecule has 3 N–H and O–H groups in total. The highest BCUT2D eigenvalue weighted by Gasteiger charge is 2.02.